The number of imidazole rings is 1. The van der Waals surface area contributed by atoms with E-state index in [9.17, 15) is 4.79 Å². The Labute approximate surface area is 155 Å². The number of amides is 1. The number of hydrogen-bond acceptors (Lipinski definition) is 4. The molecule has 3 heterocycles. The molecule has 0 aromatic carbocycles. The van der Waals surface area contributed by atoms with Gasteiger partial charge in [0, 0.05) is 50.3 Å². The maximum absolute atomic E-state index is 12.5. The zero-order chi connectivity index (χ0) is 18.4. The Balaban J connectivity index is 1.51. The van der Waals surface area contributed by atoms with Crippen LogP contribution in [0.3, 0.4) is 0 Å². The number of hydrogen-bond donors (Lipinski definition) is 0. The molecule has 0 saturated carbocycles. The predicted octanol–water partition coefficient (Wildman–Crippen LogP) is 2.18. The maximum Gasteiger partial charge on any atom is 0.227 e. The van der Waals surface area contributed by atoms with Crippen molar-refractivity contribution < 1.29 is 4.79 Å². The van der Waals surface area contributed by atoms with Gasteiger partial charge in [-0.15, -0.1) is 0 Å². The summed E-state index contributed by atoms with van der Waals surface area (Å²) >= 11 is 0. The first-order valence-corrected chi connectivity index (χ1v) is 9.46. The summed E-state index contributed by atoms with van der Waals surface area (Å²) in [6.07, 6.45) is 11.1. The molecule has 2 aromatic rings. The minimum atomic E-state index is 0.200. The summed E-state index contributed by atoms with van der Waals surface area (Å²) in [6, 6.07) is 3.84. The molecule has 3 rings (SSSR count). The number of nitrogens with zero attached hydrogens (tertiary/aromatic N) is 5. The molecule has 6 nitrogen and oxygen atoms in total. The van der Waals surface area contributed by atoms with Gasteiger partial charge in [-0.3, -0.25) is 9.78 Å². The van der Waals surface area contributed by atoms with Gasteiger partial charge in [0.2, 0.25) is 5.91 Å². The number of aromatic nitrogens is 3. The minimum absolute atomic E-state index is 0.200. The number of carbonyl (C=O) groups is 1. The fourth-order valence-corrected chi connectivity index (χ4v) is 3.60. The van der Waals surface area contributed by atoms with Crippen molar-refractivity contribution in [1.82, 2.24) is 24.3 Å². The molecule has 1 amide bonds. The van der Waals surface area contributed by atoms with Gasteiger partial charge >= 0.3 is 0 Å². The normalized spacial score (nSPS) is 15.6. The van der Waals surface area contributed by atoms with Crippen molar-refractivity contribution in [3.05, 3.63) is 48.3 Å². The Morgan fingerprint density at radius 3 is 2.77 bits per heavy atom. The molecule has 140 valence electrons. The fourth-order valence-electron chi connectivity index (χ4n) is 3.60. The first kappa shape index (κ1) is 18.6. The molecule has 1 saturated heterocycles. The van der Waals surface area contributed by atoms with Gasteiger partial charge in [-0.2, -0.15) is 0 Å². The molecule has 1 aliphatic rings. The zero-order valence-corrected chi connectivity index (χ0v) is 15.8. The van der Waals surface area contributed by atoms with Crippen LogP contribution in [0.15, 0.2) is 36.9 Å². The molecule has 0 atom stereocenters. The van der Waals surface area contributed by atoms with Gasteiger partial charge in [-0.1, -0.05) is 6.07 Å². The summed E-state index contributed by atoms with van der Waals surface area (Å²) in [4.78, 5) is 25.4. The number of rotatable bonds is 7. The van der Waals surface area contributed by atoms with E-state index in [0.29, 0.717) is 12.3 Å². The van der Waals surface area contributed by atoms with Gasteiger partial charge in [-0.05, 0) is 51.5 Å². The number of carbonyl (C=O) groups excluding carboxylic acids is 1. The second kappa shape index (κ2) is 8.94. The van der Waals surface area contributed by atoms with Crippen LogP contribution in [0.1, 0.15) is 36.6 Å². The SMILES string of the molecule is CN(C)CCCn1ccnc1C1CCN(C(=O)Cc2cccnc2)CC1. The molecule has 0 bridgehead atoms. The zero-order valence-electron chi connectivity index (χ0n) is 15.8. The highest BCUT2D eigenvalue weighted by atomic mass is 16.2. The van der Waals surface area contributed by atoms with Crippen molar-refractivity contribution in [1.29, 1.82) is 0 Å². The van der Waals surface area contributed by atoms with E-state index in [1.165, 1.54) is 5.82 Å². The van der Waals surface area contributed by atoms with Crippen molar-refractivity contribution in [2.45, 2.75) is 38.1 Å². The van der Waals surface area contributed by atoms with E-state index in [1.807, 2.05) is 23.2 Å². The van der Waals surface area contributed by atoms with Gasteiger partial charge in [-0.25, -0.2) is 4.98 Å². The molecule has 1 fully saturated rings. The highest BCUT2D eigenvalue weighted by Crippen LogP contribution is 2.27. The minimum Gasteiger partial charge on any atom is -0.342 e. The molecule has 2 aromatic heterocycles. The molecule has 0 aliphatic carbocycles. The van der Waals surface area contributed by atoms with Crippen molar-refractivity contribution in [3.63, 3.8) is 0 Å². The molecule has 26 heavy (non-hydrogen) atoms. The monoisotopic (exact) mass is 355 g/mol. The molecule has 0 spiro atoms. The van der Waals surface area contributed by atoms with Gasteiger partial charge in [0.05, 0.1) is 6.42 Å². The lowest BCUT2D eigenvalue weighted by molar-refractivity contribution is -0.131. The molecule has 0 N–H and O–H groups in total. The van der Waals surface area contributed by atoms with Crippen molar-refractivity contribution in [3.8, 4) is 0 Å². The van der Waals surface area contributed by atoms with E-state index >= 15 is 0 Å². The van der Waals surface area contributed by atoms with Crippen LogP contribution >= 0.6 is 0 Å². The number of likely N-dealkylation sites (tertiary alicyclic amines) is 1. The van der Waals surface area contributed by atoms with Gasteiger partial charge < -0.3 is 14.4 Å². The van der Waals surface area contributed by atoms with Crippen LogP contribution in [0.5, 0.6) is 0 Å². The maximum atomic E-state index is 12.5. The van der Waals surface area contributed by atoms with E-state index in [-0.39, 0.29) is 5.91 Å². The lowest BCUT2D eigenvalue weighted by Gasteiger charge is -2.32. The van der Waals surface area contributed by atoms with Crippen molar-refractivity contribution in [2.75, 3.05) is 33.7 Å². The first-order chi connectivity index (χ1) is 12.6. The Hall–Kier alpha value is -2.21. The van der Waals surface area contributed by atoms with Crippen molar-refractivity contribution >= 4 is 5.91 Å². The van der Waals surface area contributed by atoms with Crippen LogP contribution in [0, 0.1) is 0 Å². The number of aryl methyl sites for hydroxylation is 1. The van der Waals surface area contributed by atoms with E-state index in [0.717, 1.165) is 51.0 Å². The summed E-state index contributed by atoms with van der Waals surface area (Å²) in [5.41, 5.74) is 0.982. The highest BCUT2D eigenvalue weighted by Gasteiger charge is 2.26. The van der Waals surface area contributed by atoms with E-state index in [4.69, 9.17) is 0 Å². The van der Waals surface area contributed by atoms with Crippen LogP contribution in [-0.2, 0) is 17.8 Å². The van der Waals surface area contributed by atoms with Gasteiger partial charge in [0.1, 0.15) is 5.82 Å². The average molecular weight is 355 g/mol. The van der Waals surface area contributed by atoms with Gasteiger partial charge in [0.25, 0.3) is 0 Å². The van der Waals surface area contributed by atoms with E-state index in [2.05, 4.69) is 39.7 Å². The third kappa shape index (κ3) is 4.91. The second-order valence-corrected chi connectivity index (χ2v) is 7.33. The largest absolute Gasteiger partial charge is 0.342 e. The Morgan fingerprint density at radius 2 is 2.08 bits per heavy atom. The molecular formula is C20H29N5O. The van der Waals surface area contributed by atoms with Crippen LogP contribution in [0.2, 0.25) is 0 Å². The summed E-state index contributed by atoms with van der Waals surface area (Å²) in [5, 5.41) is 0. The Kier molecular flexibility index (Phi) is 6.39. The highest BCUT2D eigenvalue weighted by molar-refractivity contribution is 5.78. The van der Waals surface area contributed by atoms with Crippen LogP contribution in [0.4, 0.5) is 0 Å². The van der Waals surface area contributed by atoms with Crippen LogP contribution in [0.25, 0.3) is 0 Å². The third-order valence-electron chi connectivity index (χ3n) is 5.04. The lowest BCUT2D eigenvalue weighted by atomic mass is 9.95. The summed E-state index contributed by atoms with van der Waals surface area (Å²) in [6.45, 7) is 3.72. The third-order valence-corrected chi connectivity index (χ3v) is 5.04. The topological polar surface area (TPSA) is 54.3 Å². The standard InChI is InChI=1S/C20H29N5O/c1-23(2)10-4-11-25-14-9-22-20(25)18-6-12-24(13-7-18)19(26)15-17-5-3-8-21-16-17/h3,5,8-9,14,16,18H,4,6-7,10-13,15H2,1-2H3. The van der Waals surface area contributed by atoms with E-state index < -0.39 is 0 Å². The molecule has 6 heteroatoms. The van der Waals surface area contributed by atoms with Crippen LogP contribution in [-0.4, -0.2) is 64.0 Å². The quantitative estimate of drug-likeness (QED) is 0.764. The lowest BCUT2D eigenvalue weighted by Crippen LogP contribution is -2.39. The summed E-state index contributed by atoms with van der Waals surface area (Å²) in [7, 11) is 4.21. The molecule has 0 radical (unpaired) electrons. The van der Waals surface area contributed by atoms with Gasteiger partial charge in [0.15, 0.2) is 0 Å². The first-order valence-electron chi connectivity index (χ1n) is 9.46. The van der Waals surface area contributed by atoms with Crippen molar-refractivity contribution in [2.24, 2.45) is 0 Å². The van der Waals surface area contributed by atoms with E-state index in [1.54, 1.807) is 12.4 Å². The average Bonchev–Trinajstić information content (AvgIpc) is 3.11. The molecule has 1 aliphatic heterocycles. The molecular weight excluding hydrogens is 326 g/mol. The fraction of sp³-hybridized carbons (Fsp3) is 0.550. The number of pyridine rings is 1. The molecule has 0 unspecified atom stereocenters. The second-order valence-electron chi connectivity index (χ2n) is 7.33. The Bertz CT molecular complexity index is 689. The predicted molar refractivity (Wildman–Crippen MR) is 102 cm³/mol. The number of piperidine rings is 1. The summed E-state index contributed by atoms with van der Waals surface area (Å²) < 4.78 is 2.29. The van der Waals surface area contributed by atoms with Crippen LogP contribution < -0.4 is 0 Å². The smallest absolute Gasteiger partial charge is 0.227 e. The Morgan fingerprint density at radius 1 is 1.27 bits per heavy atom. The summed E-state index contributed by atoms with van der Waals surface area (Å²) in [5.74, 6) is 1.83.